The fourth-order valence-corrected chi connectivity index (χ4v) is 4.14. The molecule has 4 aromatic rings. The summed E-state index contributed by atoms with van der Waals surface area (Å²) in [6.45, 7) is 6.40. The lowest BCUT2D eigenvalue weighted by molar-refractivity contribution is 0.0746. The Hall–Kier alpha value is -4.27. The average Bonchev–Trinajstić information content (AvgIpc) is 3.23. The van der Waals surface area contributed by atoms with Crippen LogP contribution in [0.25, 0.3) is 5.82 Å². The SMILES string of the molecule is Cc1cc(C)n(-c2cc(N3CCN(C(=O)c4cccc(Oc5ccc(F)cc5)c4)CC3)ncn2)n1. The lowest BCUT2D eigenvalue weighted by atomic mass is 10.1. The van der Waals surface area contributed by atoms with Crippen LogP contribution >= 0.6 is 0 Å². The monoisotopic (exact) mass is 472 g/mol. The molecule has 9 heteroatoms. The van der Waals surface area contributed by atoms with Crippen molar-refractivity contribution < 1.29 is 13.9 Å². The van der Waals surface area contributed by atoms with Crippen molar-refractivity contribution in [2.75, 3.05) is 31.1 Å². The number of ether oxygens (including phenoxy) is 1. The second-order valence-corrected chi connectivity index (χ2v) is 8.44. The highest BCUT2D eigenvalue weighted by atomic mass is 19.1. The van der Waals surface area contributed by atoms with Gasteiger partial charge >= 0.3 is 0 Å². The first-order valence-electron chi connectivity index (χ1n) is 11.4. The molecular formula is C26H25FN6O2. The zero-order valence-corrected chi connectivity index (χ0v) is 19.6. The second kappa shape index (κ2) is 9.54. The Morgan fingerprint density at radius 2 is 1.63 bits per heavy atom. The summed E-state index contributed by atoms with van der Waals surface area (Å²) in [5.74, 6) is 2.18. The molecule has 1 saturated heterocycles. The highest BCUT2D eigenvalue weighted by Crippen LogP contribution is 2.24. The van der Waals surface area contributed by atoms with Gasteiger partial charge < -0.3 is 14.5 Å². The van der Waals surface area contributed by atoms with Crippen molar-refractivity contribution in [1.82, 2.24) is 24.6 Å². The van der Waals surface area contributed by atoms with Crippen LogP contribution in [0.2, 0.25) is 0 Å². The number of nitrogens with zero attached hydrogens (tertiary/aromatic N) is 6. The number of hydrogen-bond acceptors (Lipinski definition) is 6. The van der Waals surface area contributed by atoms with E-state index in [9.17, 15) is 9.18 Å². The summed E-state index contributed by atoms with van der Waals surface area (Å²) in [4.78, 5) is 25.9. The lowest BCUT2D eigenvalue weighted by Crippen LogP contribution is -2.49. The molecule has 0 saturated carbocycles. The van der Waals surface area contributed by atoms with E-state index in [0.717, 1.165) is 23.0 Å². The van der Waals surface area contributed by atoms with Crippen molar-refractivity contribution in [3.05, 3.63) is 89.8 Å². The number of aromatic nitrogens is 4. The molecular weight excluding hydrogens is 447 g/mol. The topological polar surface area (TPSA) is 76.4 Å². The molecule has 8 nitrogen and oxygen atoms in total. The predicted molar refractivity (Wildman–Crippen MR) is 130 cm³/mol. The fourth-order valence-electron chi connectivity index (χ4n) is 4.14. The van der Waals surface area contributed by atoms with Gasteiger partial charge in [0, 0.05) is 43.5 Å². The Morgan fingerprint density at radius 3 is 2.34 bits per heavy atom. The minimum Gasteiger partial charge on any atom is -0.457 e. The number of carbonyl (C=O) groups excluding carboxylic acids is 1. The molecule has 1 fully saturated rings. The van der Waals surface area contributed by atoms with Crippen molar-refractivity contribution in [2.45, 2.75) is 13.8 Å². The first-order valence-corrected chi connectivity index (χ1v) is 11.4. The summed E-state index contributed by atoms with van der Waals surface area (Å²) in [6.07, 6.45) is 1.55. The number of benzene rings is 2. The smallest absolute Gasteiger partial charge is 0.254 e. The molecule has 2 aromatic carbocycles. The minimum atomic E-state index is -0.329. The van der Waals surface area contributed by atoms with E-state index in [2.05, 4.69) is 20.0 Å². The number of halogens is 1. The van der Waals surface area contributed by atoms with Gasteiger partial charge in [-0.25, -0.2) is 19.0 Å². The van der Waals surface area contributed by atoms with Crippen molar-refractivity contribution in [3.63, 3.8) is 0 Å². The molecule has 0 bridgehead atoms. The molecule has 2 aromatic heterocycles. The zero-order chi connectivity index (χ0) is 24.4. The summed E-state index contributed by atoms with van der Waals surface area (Å²) in [7, 11) is 0. The highest BCUT2D eigenvalue weighted by Gasteiger charge is 2.24. The molecule has 1 amide bonds. The Labute approximate surface area is 202 Å². The largest absolute Gasteiger partial charge is 0.457 e. The number of anilines is 1. The molecule has 0 aliphatic carbocycles. The number of aryl methyl sites for hydroxylation is 2. The van der Waals surface area contributed by atoms with Crippen LogP contribution in [0, 0.1) is 19.7 Å². The van der Waals surface area contributed by atoms with Crippen molar-refractivity contribution in [1.29, 1.82) is 0 Å². The standard InChI is InChI=1S/C26H25FN6O2/c1-18-14-19(2)33(30-18)25-16-24(28-17-29-25)31-10-12-32(13-11-31)26(34)20-4-3-5-23(15-20)35-22-8-6-21(27)7-9-22/h3-9,14-17H,10-13H2,1-2H3. The molecule has 0 radical (unpaired) electrons. The van der Waals surface area contributed by atoms with Crippen LogP contribution < -0.4 is 9.64 Å². The molecule has 35 heavy (non-hydrogen) atoms. The van der Waals surface area contributed by atoms with Gasteiger partial charge in [-0.15, -0.1) is 0 Å². The molecule has 0 spiro atoms. The van der Waals surface area contributed by atoms with Gasteiger partial charge in [0.15, 0.2) is 5.82 Å². The van der Waals surface area contributed by atoms with E-state index in [1.54, 1.807) is 47.4 Å². The number of piperazine rings is 1. The van der Waals surface area contributed by atoms with E-state index in [-0.39, 0.29) is 11.7 Å². The second-order valence-electron chi connectivity index (χ2n) is 8.44. The Bertz CT molecular complexity index is 1350. The average molecular weight is 473 g/mol. The minimum absolute atomic E-state index is 0.0553. The third kappa shape index (κ3) is 4.98. The summed E-state index contributed by atoms with van der Waals surface area (Å²) in [5, 5.41) is 4.50. The molecule has 0 N–H and O–H groups in total. The van der Waals surface area contributed by atoms with Crippen LogP contribution in [0.3, 0.4) is 0 Å². The van der Waals surface area contributed by atoms with E-state index in [1.165, 1.54) is 12.1 Å². The Balaban J connectivity index is 1.24. The van der Waals surface area contributed by atoms with Crippen LogP contribution in [-0.4, -0.2) is 56.7 Å². The molecule has 0 unspecified atom stereocenters. The van der Waals surface area contributed by atoms with Crippen LogP contribution in [0.15, 0.2) is 67.0 Å². The van der Waals surface area contributed by atoms with Gasteiger partial charge in [0.1, 0.15) is 29.5 Å². The van der Waals surface area contributed by atoms with E-state index < -0.39 is 0 Å². The number of rotatable bonds is 5. The summed E-state index contributed by atoms with van der Waals surface area (Å²) < 4.78 is 20.7. The molecule has 1 aliphatic rings. The number of hydrogen-bond donors (Lipinski definition) is 0. The quantitative estimate of drug-likeness (QED) is 0.434. The van der Waals surface area contributed by atoms with E-state index in [1.807, 2.05) is 30.9 Å². The molecule has 178 valence electrons. The maximum absolute atomic E-state index is 13.1. The normalized spacial score (nSPS) is 13.7. The van der Waals surface area contributed by atoms with Gasteiger partial charge in [-0.3, -0.25) is 4.79 Å². The molecule has 3 heterocycles. The molecule has 5 rings (SSSR count). The third-order valence-corrected chi connectivity index (χ3v) is 5.89. The van der Waals surface area contributed by atoms with Crippen LogP contribution in [-0.2, 0) is 0 Å². The lowest BCUT2D eigenvalue weighted by Gasteiger charge is -2.35. The van der Waals surface area contributed by atoms with Crippen molar-refractivity contribution in [2.24, 2.45) is 0 Å². The summed E-state index contributed by atoms with van der Waals surface area (Å²) >= 11 is 0. The summed E-state index contributed by atoms with van der Waals surface area (Å²) in [6, 6.07) is 16.7. The first kappa shape index (κ1) is 22.5. The van der Waals surface area contributed by atoms with Crippen LogP contribution in [0.4, 0.5) is 10.2 Å². The maximum atomic E-state index is 13.1. The van der Waals surface area contributed by atoms with Crippen LogP contribution in [0.1, 0.15) is 21.7 Å². The van der Waals surface area contributed by atoms with E-state index in [0.29, 0.717) is 43.2 Å². The maximum Gasteiger partial charge on any atom is 0.254 e. The van der Waals surface area contributed by atoms with Crippen molar-refractivity contribution >= 4 is 11.7 Å². The third-order valence-electron chi connectivity index (χ3n) is 5.89. The Morgan fingerprint density at radius 1 is 0.886 bits per heavy atom. The predicted octanol–water partition coefficient (Wildman–Crippen LogP) is 4.17. The van der Waals surface area contributed by atoms with Gasteiger partial charge in [0.25, 0.3) is 5.91 Å². The fraction of sp³-hybridized carbons (Fsp3) is 0.231. The van der Waals surface area contributed by atoms with Crippen LogP contribution in [0.5, 0.6) is 11.5 Å². The van der Waals surface area contributed by atoms with Gasteiger partial charge in [-0.1, -0.05) is 6.07 Å². The van der Waals surface area contributed by atoms with Gasteiger partial charge in [0.2, 0.25) is 0 Å². The van der Waals surface area contributed by atoms with Gasteiger partial charge in [-0.05, 0) is 62.4 Å². The van der Waals surface area contributed by atoms with Gasteiger partial charge in [-0.2, -0.15) is 5.10 Å². The zero-order valence-electron chi connectivity index (χ0n) is 19.6. The van der Waals surface area contributed by atoms with E-state index in [4.69, 9.17) is 4.74 Å². The van der Waals surface area contributed by atoms with Gasteiger partial charge in [0.05, 0.1) is 5.69 Å². The number of amides is 1. The van der Waals surface area contributed by atoms with Crippen molar-refractivity contribution in [3.8, 4) is 17.3 Å². The van der Waals surface area contributed by atoms with E-state index >= 15 is 0 Å². The molecule has 1 aliphatic heterocycles. The first-order chi connectivity index (χ1) is 17.0. The number of carbonyl (C=O) groups is 1. The summed E-state index contributed by atoms with van der Waals surface area (Å²) in [5.41, 5.74) is 2.49. The molecule has 0 atom stereocenters. The Kier molecular flexibility index (Phi) is 6.13. The highest BCUT2D eigenvalue weighted by molar-refractivity contribution is 5.94.